The van der Waals surface area contributed by atoms with Crippen molar-refractivity contribution in [2.45, 2.75) is 0 Å². The number of pyridine rings is 1. The lowest BCUT2D eigenvalue weighted by molar-refractivity contribution is 0.941. The summed E-state index contributed by atoms with van der Waals surface area (Å²) in [4.78, 5) is 20.7. The first-order valence-electron chi connectivity index (χ1n) is 7.69. The van der Waals surface area contributed by atoms with E-state index in [4.69, 9.17) is 0 Å². The Bertz CT molecular complexity index is 1180. The molecule has 8 nitrogen and oxygen atoms in total. The Morgan fingerprint density at radius 2 is 1.92 bits per heavy atom. The SMILES string of the molecule is c1cc(Nc2ncc3c(-c4ccn5nccc5n4)c[nH]c3n2)ccn1. The maximum Gasteiger partial charge on any atom is 0.229 e. The number of anilines is 2. The van der Waals surface area contributed by atoms with Crippen LogP contribution in [0.15, 0.2) is 61.4 Å². The van der Waals surface area contributed by atoms with Gasteiger partial charge >= 0.3 is 0 Å². The average molecular weight is 328 g/mol. The summed E-state index contributed by atoms with van der Waals surface area (Å²) in [6.07, 6.45) is 10.7. The van der Waals surface area contributed by atoms with Gasteiger partial charge in [-0.05, 0) is 18.2 Å². The van der Waals surface area contributed by atoms with Crippen LogP contribution in [0.2, 0.25) is 0 Å². The summed E-state index contributed by atoms with van der Waals surface area (Å²) >= 11 is 0. The minimum atomic E-state index is 0.520. The van der Waals surface area contributed by atoms with Crippen LogP contribution in [0.3, 0.4) is 0 Å². The lowest BCUT2D eigenvalue weighted by Gasteiger charge is -2.04. The van der Waals surface area contributed by atoms with Crippen molar-refractivity contribution in [3.8, 4) is 11.3 Å². The molecule has 5 aromatic rings. The number of nitrogens with zero attached hydrogens (tertiary/aromatic N) is 6. The monoisotopic (exact) mass is 328 g/mol. The molecule has 0 aliphatic rings. The van der Waals surface area contributed by atoms with Crippen molar-refractivity contribution in [2.75, 3.05) is 5.32 Å². The van der Waals surface area contributed by atoms with Gasteiger partial charge < -0.3 is 10.3 Å². The van der Waals surface area contributed by atoms with Crippen LogP contribution >= 0.6 is 0 Å². The standard InChI is InChI=1S/C17H12N8/c1-5-18-6-2-11(1)22-17-20-10-13-12(9-19-16(13)24-17)14-4-8-25-15(23-14)3-7-21-25/h1-10H,(H2,18,19,20,22,24). The molecule has 0 unspecified atom stereocenters. The van der Waals surface area contributed by atoms with Gasteiger partial charge in [0.2, 0.25) is 5.95 Å². The van der Waals surface area contributed by atoms with Crippen LogP contribution in [0.25, 0.3) is 27.9 Å². The van der Waals surface area contributed by atoms with Gasteiger partial charge in [0, 0.05) is 53.7 Å². The predicted octanol–water partition coefficient (Wildman–Crippen LogP) is 2.81. The Labute approximate surface area is 141 Å². The van der Waals surface area contributed by atoms with E-state index in [9.17, 15) is 0 Å². The highest BCUT2D eigenvalue weighted by molar-refractivity contribution is 5.92. The van der Waals surface area contributed by atoms with Crippen molar-refractivity contribution in [2.24, 2.45) is 0 Å². The van der Waals surface area contributed by atoms with E-state index in [0.717, 1.165) is 33.6 Å². The number of hydrogen-bond acceptors (Lipinski definition) is 6. The maximum absolute atomic E-state index is 4.62. The zero-order chi connectivity index (χ0) is 16.6. The molecule has 120 valence electrons. The zero-order valence-electron chi connectivity index (χ0n) is 13.0. The summed E-state index contributed by atoms with van der Waals surface area (Å²) in [5.41, 5.74) is 4.22. The van der Waals surface area contributed by atoms with Crippen LogP contribution in [-0.2, 0) is 0 Å². The summed E-state index contributed by atoms with van der Waals surface area (Å²) in [5.74, 6) is 0.520. The Hall–Kier alpha value is -3.81. The highest BCUT2D eigenvalue weighted by Gasteiger charge is 2.11. The van der Waals surface area contributed by atoms with E-state index >= 15 is 0 Å². The first kappa shape index (κ1) is 13.6. The van der Waals surface area contributed by atoms with Gasteiger partial charge in [-0.15, -0.1) is 0 Å². The van der Waals surface area contributed by atoms with Gasteiger partial charge in [0.25, 0.3) is 0 Å². The normalized spacial score (nSPS) is 11.2. The summed E-state index contributed by atoms with van der Waals surface area (Å²) in [7, 11) is 0. The van der Waals surface area contributed by atoms with Gasteiger partial charge in [-0.25, -0.2) is 14.5 Å². The van der Waals surface area contributed by atoms with Crippen molar-refractivity contribution < 1.29 is 0 Å². The lowest BCUT2D eigenvalue weighted by atomic mass is 10.2. The molecule has 0 aliphatic carbocycles. The molecule has 5 rings (SSSR count). The molecule has 0 saturated heterocycles. The smallest absolute Gasteiger partial charge is 0.229 e. The number of hydrogen-bond donors (Lipinski definition) is 2. The third kappa shape index (κ3) is 2.36. The van der Waals surface area contributed by atoms with Crippen molar-refractivity contribution in [3.05, 3.63) is 61.4 Å². The molecule has 0 spiro atoms. The van der Waals surface area contributed by atoms with E-state index in [1.807, 2.05) is 36.7 Å². The molecule has 0 radical (unpaired) electrons. The number of rotatable bonds is 3. The highest BCUT2D eigenvalue weighted by atomic mass is 15.2. The lowest BCUT2D eigenvalue weighted by Crippen LogP contribution is -1.97. The molecule has 0 bridgehead atoms. The van der Waals surface area contributed by atoms with Crippen LogP contribution in [0.4, 0.5) is 11.6 Å². The fourth-order valence-electron chi connectivity index (χ4n) is 2.71. The van der Waals surface area contributed by atoms with Crippen molar-refractivity contribution in [1.29, 1.82) is 0 Å². The van der Waals surface area contributed by atoms with Gasteiger partial charge in [-0.3, -0.25) is 4.98 Å². The summed E-state index contributed by atoms with van der Waals surface area (Å²) in [6.45, 7) is 0. The molecule has 5 heterocycles. The van der Waals surface area contributed by atoms with Gasteiger partial charge in [-0.2, -0.15) is 10.1 Å². The molecule has 8 heteroatoms. The second-order valence-corrected chi connectivity index (χ2v) is 5.47. The molecule has 0 fully saturated rings. The zero-order valence-corrected chi connectivity index (χ0v) is 13.0. The van der Waals surface area contributed by atoms with Gasteiger partial charge in [0.1, 0.15) is 5.65 Å². The topological polar surface area (TPSA) is 96.7 Å². The summed E-state index contributed by atoms with van der Waals surface area (Å²) in [6, 6.07) is 7.51. The van der Waals surface area contributed by atoms with Crippen molar-refractivity contribution in [1.82, 2.24) is 34.5 Å². The second kappa shape index (κ2) is 5.38. The third-order valence-corrected chi connectivity index (χ3v) is 3.90. The quantitative estimate of drug-likeness (QED) is 0.528. The average Bonchev–Trinajstić information content (AvgIpc) is 3.28. The van der Waals surface area contributed by atoms with Crippen LogP contribution < -0.4 is 5.32 Å². The molecular weight excluding hydrogens is 316 g/mol. The van der Waals surface area contributed by atoms with E-state index in [-0.39, 0.29) is 0 Å². The molecule has 0 saturated carbocycles. The Kier molecular flexibility index (Phi) is 2.93. The molecular formula is C17H12N8. The highest BCUT2D eigenvalue weighted by Crippen LogP contribution is 2.27. The van der Waals surface area contributed by atoms with Crippen LogP contribution in [0, 0.1) is 0 Å². The molecule has 0 aliphatic heterocycles. The van der Waals surface area contributed by atoms with Crippen LogP contribution in [0.5, 0.6) is 0 Å². The molecule has 0 amide bonds. The number of aromatic amines is 1. The molecule has 25 heavy (non-hydrogen) atoms. The first-order valence-corrected chi connectivity index (χ1v) is 7.69. The molecule has 5 aromatic heterocycles. The Balaban J connectivity index is 1.54. The van der Waals surface area contributed by atoms with E-state index in [2.05, 4.69) is 35.3 Å². The predicted molar refractivity (Wildman–Crippen MR) is 93.4 cm³/mol. The Morgan fingerprint density at radius 3 is 2.84 bits per heavy atom. The van der Waals surface area contributed by atoms with Gasteiger partial charge in [-0.1, -0.05) is 0 Å². The Morgan fingerprint density at radius 1 is 1.00 bits per heavy atom. The minimum absolute atomic E-state index is 0.520. The molecule has 0 aromatic carbocycles. The summed E-state index contributed by atoms with van der Waals surface area (Å²) in [5, 5.41) is 8.23. The van der Waals surface area contributed by atoms with Crippen LogP contribution in [-0.4, -0.2) is 34.5 Å². The first-order chi connectivity index (χ1) is 12.4. The van der Waals surface area contributed by atoms with E-state index in [0.29, 0.717) is 5.95 Å². The minimum Gasteiger partial charge on any atom is -0.345 e. The number of fused-ring (bicyclic) bond motifs is 2. The third-order valence-electron chi connectivity index (χ3n) is 3.90. The van der Waals surface area contributed by atoms with E-state index in [1.54, 1.807) is 29.3 Å². The van der Waals surface area contributed by atoms with E-state index in [1.165, 1.54) is 0 Å². The molecule has 0 atom stereocenters. The number of nitrogens with one attached hydrogen (secondary N) is 2. The van der Waals surface area contributed by atoms with Gasteiger partial charge in [0.15, 0.2) is 5.65 Å². The fraction of sp³-hybridized carbons (Fsp3) is 0. The maximum atomic E-state index is 4.62. The second-order valence-electron chi connectivity index (χ2n) is 5.47. The van der Waals surface area contributed by atoms with E-state index < -0.39 is 0 Å². The summed E-state index contributed by atoms with van der Waals surface area (Å²) < 4.78 is 1.73. The number of aromatic nitrogens is 7. The van der Waals surface area contributed by atoms with Crippen LogP contribution in [0.1, 0.15) is 0 Å². The van der Waals surface area contributed by atoms with Crippen molar-refractivity contribution in [3.63, 3.8) is 0 Å². The largest absolute Gasteiger partial charge is 0.345 e. The van der Waals surface area contributed by atoms with Gasteiger partial charge in [0.05, 0.1) is 11.9 Å². The fourth-order valence-corrected chi connectivity index (χ4v) is 2.71. The molecule has 2 N–H and O–H groups in total. The van der Waals surface area contributed by atoms with Crippen molar-refractivity contribution >= 4 is 28.3 Å². The number of H-pyrrole nitrogens is 1.